The number of benzene rings is 2. The Morgan fingerprint density at radius 2 is 1.68 bits per heavy atom. The Kier molecular flexibility index (Phi) is 9.14. The maximum atomic E-state index is 13.6. The maximum absolute atomic E-state index is 13.6. The molecule has 2 N–H and O–H groups in total. The van der Waals surface area contributed by atoms with Gasteiger partial charge in [0, 0.05) is 28.2 Å². The van der Waals surface area contributed by atoms with E-state index in [-0.39, 0.29) is 23.5 Å². The summed E-state index contributed by atoms with van der Waals surface area (Å²) in [5.41, 5.74) is 4.70. The van der Waals surface area contributed by atoms with Gasteiger partial charge in [-0.1, -0.05) is 42.7 Å². The van der Waals surface area contributed by atoms with Gasteiger partial charge >= 0.3 is 0 Å². The van der Waals surface area contributed by atoms with Crippen LogP contribution in [0.1, 0.15) is 62.1 Å². The Morgan fingerprint density at radius 3 is 2.41 bits per heavy atom. The summed E-state index contributed by atoms with van der Waals surface area (Å²) < 4.78 is 12.9. The van der Waals surface area contributed by atoms with Crippen LogP contribution in [0.25, 0.3) is 0 Å². The number of nitrogens with one attached hydrogen (secondary N) is 2. The van der Waals surface area contributed by atoms with E-state index in [1.165, 1.54) is 10.5 Å². The van der Waals surface area contributed by atoms with E-state index < -0.39 is 28.7 Å². The molecule has 4 rings (SSSR count). The van der Waals surface area contributed by atoms with Gasteiger partial charge in [-0.05, 0) is 81.7 Å². The summed E-state index contributed by atoms with van der Waals surface area (Å²) in [5, 5.41) is 5.84. The SMILES string of the molecule is Cc1ccc(NC(=O)CS(=O)CC(=O)N(c2cccc3c2CCCC3)C(C)C(=O)NC2CCCC2)cc1. The summed E-state index contributed by atoms with van der Waals surface area (Å²) in [7, 11) is -1.72. The summed E-state index contributed by atoms with van der Waals surface area (Å²) in [5.74, 6) is -1.63. The second-order valence-electron chi connectivity index (χ2n) is 10.2. The van der Waals surface area contributed by atoms with E-state index in [0.29, 0.717) is 5.69 Å². The first-order valence-corrected chi connectivity index (χ1v) is 14.8. The van der Waals surface area contributed by atoms with Crippen LogP contribution in [-0.4, -0.2) is 45.5 Å². The highest BCUT2D eigenvalue weighted by atomic mass is 32.2. The lowest BCUT2D eigenvalue weighted by molar-refractivity contribution is -0.125. The fraction of sp³-hybridized carbons (Fsp3) is 0.483. The molecule has 0 bridgehead atoms. The van der Waals surface area contributed by atoms with Crippen molar-refractivity contribution in [2.24, 2.45) is 0 Å². The minimum absolute atomic E-state index is 0.135. The number of aryl methyl sites for hydroxylation is 2. The molecule has 2 aliphatic carbocycles. The second kappa shape index (κ2) is 12.5. The first-order valence-electron chi connectivity index (χ1n) is 13.3. The zero-order valence-electron chi connectivity index (χ0n) is 21.8. The summed E-state index contributed by atoms with van der Waals surface area (Å²) >= 11 is 0. The highest BCUT2D eigenvalue weighted by Gasteiger charge is 2.32. The van der Waals surface area contributed by atoms with Crippen LogP contribution in [0, 0.1) is 6.92 Å². The smallest absolute Gasteiger partial charge is 0.243 e. The molecule has 0 radical (unpaired) electrons. The number of anilines is 2. The zero-order valence-corrected chi connectivity index (χ0v) is 22.6. The molecule has 37 heavy (non-hydrogen) atoms. The Balaban J connectivity index is 1.49. The number of hydrogen-bond acceptors (Lipinski definition) is 4. The van der Waals surface area contributed by atoms with E-state index in [0.717, 1.165) is 68.2 Å². The number of carbonyl (C=O) groups is 3. The molecule has 7 nitrogen and oxygen atoms in total. The van der Waals surface area contributed by atoms with Crippen molar-refractivity contribution < 1.29 is 18.6 Å². The molecular formula is C29H37N3O4S. The zero-order chi connectivity index (χ0) is 26.4. The maximum Gasteiger partial charge on any atom is 0.243 e. The van der Waals surface area contributed by atoms with Crippen molar-refractivity contribution in [3.63, 3.8) is 0 Å². The number of hydrogen-bond donors (Lipinski definition) is 2. The third-order valence-corrected chi connectivity index (χ3v) is 8.43. The lowest BCUT2D eigenvalue weighted by Crippen LogP contribution is -2.52. The minimum Gasteiger partial charge on any atom is -0.352 e. The van der Waals surface area contributed by atoms with Crippen molar-refractivity contribution >= 4 is 39.9 Å². The molecule has 1 saturated carbocycles. The first-order chi connectivity index (χ1) is 17.8. The molecule has 0 heterocycles. The molecule has 2 aromatic carbocycles. The first kappa shape index (κ1) is 27.0. The van der Waals surface area contributed by atoms with Crippen LogP contribution in [0.15, 0.2) is 42.5 Å². The number of nitrogens with zero attached hydrogens (tertiary/aromatic N) is 1. The Morgan fingerprint density at radius 1 is 0.973 bits per heavy atom. The van der Waals surface area contributed by atoms with E-state index in [2.05, 4.69) is 16.7 Å². The van der Waals surface area contributed by atoms with Crippen LogP contribution >= 0.6 is 0 Å². The molecule has 0 saturated heterocycles. The monoisotopic (exact) mass is 523 g/mol. The van der Waals surface area contributed by atoms with Gasteiger partial charge in [0.25, 0.3) is 0 Å². The molecule has 0 spiro atoms. The van der Waals surface area contributed by atoms with Crippen LogP contribution in [-0.2, 0) is 38.0 Å². The van der Waals surface area contributed by atoms with Crippen molar-refractivity contribution in [2.45, 2.75) is 77.3 Å². The van der Waals surface area contributed by atoms with E-state index in [1.54, 1.807) is 19.1 Å². The van der Waals surface area contributed by atoms with Gasteiger partial charge in [0.1, 0.15) is 17.5 Å². The molecule has 2 aromatic rings. The molecule has 1 fully saturated rings. The standard InChI is InChI=1S/C29H37N3O4S/c1-20-14-16-24(17-15-20)30-27(33)18-37(36)19-28(34)32(21(2)29(35)31-23-10-4-5-11-23)26-13-7-9-22-8-3-6-12-25(22)26/h7,9,13-17,21,23H,3-6,8,10-12,18-19H2,1-2H3,(H,30,33)(H,31,35). The van der Waals surface area contributed by atoms with Crippen molar-refractivity contribution in [1.82, 2.24) is 5.32 Å². The van der Waals surface area contributed by atoms with E-state index >= 15 is 0 Å². The Labute approximate surface area is 221 Å². The molecule has 2 aliphatic rings. The predicted molar refractivity (Wildman–Crippen MR) is 148 cm³/mol. The van der Waals surface area contributed by atoms with Crippen LogP contribution in [0.3, 0.4) is 0 Å². The molecule has 8 heteroatoms. The molecule has 2 atom stereocenters. The normalized spacial score (nSPS) is 16.9. The summed E-state index contributed by atoms with van der Waals surface area (Å²) in [6.45, 7) is 3.69. The van der Waals surface area contributed by atoms with Crippen molar-refractivity contribution in [3.05, 3.63) is 59.2 Å². The van der Waals surface area contributed by atoms with Gasteiger partial charge in [0.05, 0.1) is 0 Å². The van der Waals surface area contributed by atoms with Gasteiger partial charge in [-0.3, -0.25) is 23.5 Å². The fourth-order valence-corrected chi connectivity index (χ4v) is 6.17. The van der Waals surface area contributed by atoms with Crippen molar-refractivity contribution in [1.29, 1.82) is 0 Å². The lowest BCUT2D eigenvalue weighted by Gasteiger charge is -2.33. The predicted octanol–water partition coefficient (Wildman–Crippen LogP) is 4.04. The molecule has 2 unspecified atom stereocenters. The van der Waals surface area contributed by atoms with Gasteiger partial charge in [0.2, 0.25) is 17.7 Å². The van der Waals surface area contributed by atoms with Crippen LogP contribution < -0.4 is 15.5 Å². The van der Waals surface area contributed by atoms with Gasteiger partial charge in [0.15, 0.2) is 0 Å². The minimum atomic E-state index is -1.72. The number of amides is 3. The summed E-state index contributed by atoms with van der Waals surface area (Å²) in [4.78, 5) is 40.8. The van der Waals surface area contributed by atoms with Crippen LogP contribution in [0.4, 0.5) is 11.4 Å². The average Bonchev–Trinajstić information content (AvgIpc) is 3.38. The largest absolute Gasteiger partial charge is 0.352 e. The van der Waals surface area contributed by atoms with Crippen molar-refractivity contribution in [2.75, 3.05) is 21.7 Å². The number of rotatable bonds is 9. The van der Waals surface area contributed by atoms with Gasteiger partial charge in [-0.2, -0.15) is 0 Å². The third-order valence-electron chi connectivity index (χ3n) is 7.28. The number of fused-ring (bicyclic) bond motifs is 1. The lowest BCUT2D eigenvalue weighted by atomic mass is 9.89. The Hall–Kier alpha value is -3.00. The van der Waals surface area contributed by atoms with Crippen LogP contribution in [0.2, 0.25) is 0 Å². The van der Waals surface area contributed by atoms with E-state index in [4.69, 9.17) is 0 Å². The van der Waals surface area contributed by atoms with Gasteiger partial charge in [-0.15, -0.1) is 0 Å². The highest BCUT2D eigenvalue weighted by Crippen LogP contribution is 2.32. The van der Waals surface area contributed by atoms with Crippen molar-refractivity contribution in [3.8, 4) is 0 Å². The topological polar surface area (TPSA) is 95.6 Å². The van der Waals surface area contributed by atoms with Gasteiger partial charge in [-0.25, -0.2) is 0 Å². The second-order valence-corrected chi connectivity index (χ2v) is 11.7. The quantitative estimate of drug-likeness (QED) is 0.519. The fourth-order valence-electron chi connectivity index (χ4n) is 5.29. The summed E-state index contributed by atoms with van der Waals surface area (Å²) in [6.07, 6.45) is 8.01. The molecule has 0 aromatic heterocycles. The molecule has 198 valence electrons. The van der Waals surface area contributed by atoms with E-state index in [1.807, 2.05) is 31.2 Å². The third kappa shape index (κ3) is 7.06. The molecule has 3 amide bonds. The number of carbonyl (C=O) groups excluding carboxylic acids is 3. The molecule has 0 aliphatic heterocycles. The Bertz CT molecular complexity index is 1160. The molecular weight excluding hydrogens is 486 g/mol. The van der Waals surface area contributed by atoms with Gasteiger partial charge < -0.3 is 10.6 Å². The van der Waals surface area contributed by atoms with Crippen LogP contribution in [0.5, 0.6) is 0 Å². The average molecular weight is 524 g/mol. The summed E-state index contributed by atoms with van der Waals surface area (Å²) in [6, 6.07) is 12.6. The van der Waals surface area contributed by atoms with E-state index in [9.17, 15) is 18.6 Å². The highest BCUT2D eigenvalue weighted by molar-refractivity contribution is 7.86.